The summed E-state index contributed by atoms with van der Waals surface area (Å²) >= 11 is 0. The fourth-order valence-electron chi connectivity index (χ4n) is 2.52. The summed E-state index contributed by atoms with van der Waals surface area (Å²) in [5, 5.41) is 0. The molecule has 0 atom stereocenters. The molecule has 0 aromatic carbocycles. The third kappa shape index (κ3) is 4.15. The number of pyridine rings is 1. The van der Waals surface area contributed by atoms with Crippen LogP contribution in [0.3, 0.4) is 0 Å². The van der Waals surface area contributed by atoms with Gasteiger partial charge in [-0.25, -0.2) is 0 Å². The molecule has 0 unspecified atom stereocenters. The number of nitrogens with zero attached hydrogens (tertiary/aromatic N) is 3. The van der Waals surface area contributed by atoms with Crippen molar-refractivity contribution in [3.63, 3.8) is 0 Å². The molecule has 0 radical (unpaired) electrons. The fourth-order valence-corrected chi connectivity index (χ4v) is 2.52. The van der Waals surface area contributed by atoms with Crippen LogP contribution in [0.5, 0.6) is 0 Å². The molecule has 1 aromatic heterocycles. The zero-order valence-corrected chi connectivity index (χ0v) is 12.6. The lowest BCUT2D eigenvalue weighted by Crippen LogP contribution is -2.49. The van der Waals surface area contributed by atoms with Crippen LogP contribution in [-0.4, -0.2) is 59.5 Å². The Morgan fingerprint density at radius 2 is 1.95 bits per heavy atom. The number of amides is 1. The van der Waals surface area contributed by atoms with Crippen molar-refractivity contribution in [1.82, 2.24) is 14.4 Å². The van der Waals surface area contributed by atoms with Gasteiger partial charge in [-0.05, 0) is 32.0 Å². The van der Waals surface area contributed by atoms with Crippen molar-refractivity contribution >= 4 is 5.91 Å². The van der Waals surface area contributed by atoms with Gasteiger partial charge in [0.05, 0.1) is 0 Å². The summed E-state index contributed by atoms with van der Waals surface area (Å²) < 4.78 is 1.46. The van der Waals surface area contributed by atoms with Crippen molar-refractivity contribution in [3.8, 4) is 0 Å². The molecule has 21 heavy (non-hydrogen) atoms. The van der Waals surface area contributed by atoms with Gasteiger partial charge in [-0.3, -0.25) is 14.5 Å². The highest BCUT2D eigenvalue weighted by Gasteiger charge is 2.22. The van der Waals surface area contributed by atoms with Crippen LogP contribution in [0.2, 0.25) is 0 Å². The third-order valence-electron chi connectivity index (χ3n) is 3.94. The number of hydrogen-bond donors (Lipinski definition) is 1. The van der Waals surface area contributed by atoms with Gasteiger partial charge in [0.2, 0.25) is 0 Å². The Morgan fingerprint density at radius 3 is 2.57 bits per heavy atom. The zero-order valence-electron chi connectivity index (χ0n) is 12.6. The largest absolute Gasteiger partial charge is 0.336 e. The first-order valence-electron chi connectivity index (χ1n) is 7.50. The van der Waals surface area contributed by atoms with Crippen LogP contribution in [0.25, 0.3) is 0 Å². The van der Waals surface area contributed by atoms with E-state index in [2.05, 4.69) is 4.90 Å². The molecular weight excluding hydrogens is 268 g/mol. The molecule has 1 fully saturated rings. The van der Waals surface area contributed by atoms with Crippen LogP contribution in [-0.2, 0) is 7.05 Å². The predicted molar refractivity (Wildman–Crippen MR) is 82.3 cm³/mol. The summed E-state index contributed by atoms with van der Waals surface area (Å²) in [6.07, 6.45) is 3.80. The molecule has 0 bridgehead atoms. The van der Waals surface area contributed by atoms with Gasteiger partial charge in [-0.15, -0.1) is 0 Å². The van der Waals surface area contributed by atoms with E-state index in [4.69, 9.17) is 5.73 Å². The standard InChI is InChI=1S/C15H24N4O2/c1-17-7-4-13(12-14(17)20)15(21)19-10-8-18(9-11-19)6-3-2-5-16/h4,7,12H,2-3,5-6,8-11,16H2,1H3. The highest BCUT2D eigenvalue weighted by Crippen LogP contribution is 2.08. The molecule has 116 valence electrons. The van der Waals surface area contributed by atoms with Gasteiger partial charge in [-0.2, -0.15) is 0 Å². The van der Waals surface area contributed by atoms with Gasteiger partial charge in [0, 0.05) is 51.1 Å². The van der Waals surface area contributed by atoms with E-state index < -0.39 is 0 Å². The molecule has 2 rings (SSSR count). The van der Waals surface area contributed by atoms with Gasteiger partial charge >= 0.3 is 0 Å². The maximum Gasteiger partial charge on any atom is 0.254 e. The van der Waals surface area contributed by atoms with E-state index in [1.165, 1.54) is 10.6 Å². The van der Waals surface area contributed by atoms with Crippen molar-refractivity contribution < 1.29 is 4.79 Å². The third-order valence-corrected chi connectivity index (χ3v) is 3.94. The van der Waals surface area contributed by atoms with Gasteiger partial charge in [0.25, 0.3) is 11.5 Å². The number of hydrogen-bond acceptors (Lipinski definition) is 4. The molecule has 6 nitrogen and oxygen atoms in total. The molecule has 0 aliphatic carbocycles. The Bertz CT molecular complexity index is 533. The molecular formula is C15H24N4O2. The number of aryl methyl sites for hydroxylation is 1. The van der Waals surface area contributed by atoms with E-state index in [1.807, 2.05) is 4.90 Å². The minimum Gasteiger partial charge on any atom is -0.336 e. The molecule has 1 aromatic rings. The second-order valence-corrected chi connectivity index (χ2v) is 5.49. The topological polar surface area (TPSA) is 71.6 Å². The van der Waals surface area contributed by atoms with E-state index in [-0.39, 0.29) is 11.5 Å². The van der Waals surface area contributed by atoms with Crippen LogP contribution in [0, 0.1) is 0 Å². The highest BCUT2D eigenvalue weighted by molar-refractivity contribution is 5.94. The summed E-state index contributed by atoms with van der Waals surface area (Å²) in [6, 6.07) is 3.12. The fraction of sp³-hybridized carbons (Fsp3) is 0.600. The van der Waals surface area contributed by atoms with Gasteiger partial charge in [0.1, 0.15) is 0 Å². The summed E-state index contributed by atoms with van der Waals surface area (Å²) in [4.78, 5) is 28.2. The Kier molecular flexibility index (Phi) is 5.52. The highest BCUT2D eigenvalue weighted by atomic mass is 16.2. The number of nitrogens with two attached hydrogens (primary N) is 1. The SMILES string of the molecule is Cn1ccc(C(=O)N2CCN(CCCCN)CC2)cc1=O. The van der Waals surface area contributed by atoms with Crippen molar-refractivity contribution in [1.29, 1.82) is 0 Å². The Balaban J connectivity index is 1.88. The smallest absolute Gasteiger partial charge is 0.254 e. The number of carbonyl (C=O) groups excluding carboxylic acids is 1. The van der Waals surface area contributed by atoms with E-state index >= 15 is 0 Å². The summed E-state index contributed by atoms with van der Waals surface area (Å²) in [5.41, 5.74) is 5.82. The molecule has 0 spiro atoms. The van der Waals surface area contributed by atoms with Crippen LogP contribution in [0.15, 0.2) is 23.1 Å². The first kappa shape index (κ1) is 15.7. The second-order valence-electron chi connectivity index (χ2n) is 5.49. The average Bonchev–Trinajstić information content (AvgIpc) is 2.50. The minimum atomic E-state index is -0.152. The van der Waals surface area contributed by atoms with Gasteiger partial charge < -0.3 is 15.2 Å². The number of carbonyl (C=O) groups is 1. The van der Waals surface area contributed by atoms with Crippen molar-refractivity contribution in [2.24, 2.45) is 12.8 Å². The maximum atomic E-state index is 12.4. The molecule has 1 amide bonds. The van der Waals surface area contributed by atoms with Gasteiger partial charge in [0.15, 0.2) is 0 Å². The normalized spacial score (nSPS) is 16.2. The monoisotopic (exact) mass is 292 g/mol. The lowest BCUT2D eigenvalue weighted by atomic mass is 10.2. The second kappa shape index (κ2) is 7.38. The number of piperazine rings is 1. The van der Waals surface area contributed by atoms with Crippen LogP contribution in [0.1, 0.15) is 23.2 Å². The lowest BCUT2D eigenvalue weighted by Gasteiger charge is -2.34. The van der Waals surface area contributed by atoms with E-state index in [9.17, 15) is 9.59 Å². The lowest BCUT2D eigenvalue weighted by molar-refractivity contribution is 0.0635. The minimum absolute atomic E-state index is 0.0469. The Morgan fingerprint density at radius 1 is 1.24 bits per heavy atom. The van der Waals surface area contributed by atoms with E-state index in [0.29, 0.717) is 5.56 Å². The first-order valence-corrected chi connectivity index (χ1v) is 7.50. The average molecular weight is 292 g/mol. The summed E-state index contributed by atoms with van der Waals surface area (Å²) in [7, 11) is 1.68. The van der Waals surface area contributed by atoms with E-state index in [1.54, 1.807) is 19.3 Å². The zero-order chi connectivity index (χ0) is 15.2. The van der Waals surface area contributed by atoms with Crippen LogP contribution in [0.4, 0.5) is 0 Å². The predicted octanol–water partition coefficient (Wildman–Crippen LogP) is -0.118. The molecule has 1 aliphatic heterocycles. The molecule has 1 saturated heterocycles. The Labute approximate surface area is 125 Å². The molecule has 6 heteroatoms. The van der Waals surface area contributed by atoms with Crippen LogP contribution < -0.4 is 11.3 Å². The molecule has 0 saturated carbocycles. The number of unbranched alkanes of at least 4 members (excludes halogenated alkanes) is 1. The van der Waals surface area contributed by atoms with Crippen molar-refractivity contribution in [3.05, 3.63) is 34.2 Å². The summed E-state index contributed by atoms with van der Waals surface area (Å²) in [6.45, 7) is 5.00. The Hall–Kier alpha value is -1.66. The first-order chi connectivity index (χ1) is 10.1. The van der Waals surface area contributed by atoms with Gasteiger partial charge in [-0.1, -0.05) is 0 Å². The quantitative estimate of drug-likeness (QED) is 0.768. The van der Waals surface area contributed by atoms with E-state index in [0.717, 1.165) is 52.1 Å². The molecule has 2 heterocycles. The van der Waals surface area contributed by atoms with Crippen molar-refractivity contribution in [2.75, 3.05) is 39.3 Å². The molecule has 2 N–H and O–H groups in total. The molecule has 1 aliphatic rings. The van der Waals surface area contributed by atoms with Crippen LogP contribution >= 0.6 is 0 Å². The maximum absolute atomic E-state index is 12.4. The number of rotatable bonds is 5. The summed E-state index contributed by atoms with van der Waals surface area (Å²) in [5.74, 6) is -0.0469. The number of aromatic nitrogens is 1. The van der Waals surface area contributed by atoms with Crippen molar-refractivity contribution in [2.45, 2.75) is 12.8 Å².